The Morgan fingerprint density at radius 1 is 0.833 bits per heavy atom. The van der Waals surface area contributed by atoms with Crippen molar-refractivity contribution in [1.29, 1.82) is 0 Å². The fraction of sp³-hybridized carbons (Fsp3) is 1.00. The molecule has 0 aromatic carbocycles. The first-order chi connectivity index (χ1) is 13.5. The molecular formula is C27H54O3. The number of hydrogen-bond acceptors (Lipinski definition) is 3. The van der Waals surface area contributed by atoms with E-state index < -0.39 is 5.60 Å². The normalized spacial score (nSPS) is 30.8. The first kappa shape index (κ1) is 27.9. The summed E-state index contributed by atoms with van der Waals surface area (Å²) < 4.78 is 0. The zero-order valence-electron chi connectivity index (χ0n) is 21.7. The van der Waals surface area contributed by atoms with E-state index in [1.54, 1.807) is 0 Å². The third-order valence-electron chi connectivity index (χ3n) is 7.85. The highest BCUT2D eigenvalue weighted by Gasteiger charge is 2.43. The summed E-state index contributed by atoms with van der Waals surface area (Å²) in [5.41, 5.74) is 1.02. The summed E-state index contributed by atoms with van der Waals surface area (Å²) in [5, 5.41) is 27.8. The lowest BCUT2D eigenvalue weighted by Gasteiger charge is -2.48. The number of hydrogen-bond donors (Lipinski definition) is 3. The van der Waals surface area contributed by atoms with Crippen LogP contribution in [-0.4, -0.2) is 33.6 Å². The Balaban J connectivity index is 0.000000226. The molecule has 3 atom stereocenters. The van der Waals surface area contributed by atoms with Crippen molar-refractivity contribution in [3.05, 3.63) is 0 Å². The van der Waals surface area contributed by atoms with Gasteiger partial charge in [0.05, 0.1) is 11.7 Å². The third kappa shape index (κ3) is 10.0. The zero-order valence-corrected chi connectivity index (χ0v) is 21.7. The monoisotopic (exact) mass is 426 g/mol. The molecule has 0 aromatic heterocycles. The van der Waals surface area contributed by atoms with Gasteiger partial charge in [-0.05, 0) is 106 Å². The van der Waals surface area contributed by atoms with Crippen LogP contribution in [0.25, 0.3) is 0 Å². The van der Waals surface area contributed by atoms with Crippen LogP contribution in [0, 0.1) is 34.0 Å². The number of rotatable bonds is 3. The standard InChI is InChI=1S/C10H20O.C9H18O.C8H16O/c1-8(11)9-5-4-6-10(2,3)7-9;1-8(2)5-7(6-8)9(3,4)10;1-8(2)4-3-7(5-8)6-9/h8-9,11H,4-7H2,1-3H3;7,10H,5-6H2,1-4H3;7,9H,3-6H2,1-2H3. The Morgan fingerprint density at radius 3 is 1.60 bits per heavy atom. The molecule has 3 unspecified atom stereocenters. The number of aliphatic hydroxyl groups is 3. The molecule has 30 heavy (non-hydrogen) atoms. The van der Waals surface area contributed by atoms with E-state index in [2.05, 4.69) is 41.5 Å². The minimum Gasteiger partial charge on any atom is -0.396 e. The Morgan fingerprint density at radius 2 is 1.37 bits per heavy atom. The molecule has 3 N–H and O–H groups in total. The van der Waals surface area contributed by atoms with Crippen molar-refractivity contribution >= 4 is 0 Å². The topological polar surface area (TPSA) is 60.7 Å². The van der Waals surface area contributed by atoms with E-state index in [0.29, 0.717) is 40.6 Å². The molecular weight excluding hydrogens is 372 g/mol. The highest BCUT2D eigenvalue weighted by Crippen LogP contribution is 2.49. The molecule has 0 bridgehead atoms. The highest BCUT2D eigenvalue weighted by molar-refractivity contribution is 4.94. The molecule has 3 fully saturated rings. The first-order valence-corrected chi connectivity index (χ1v) is 12.5. The van der Waals surface area contributed by atoms with Crippen molar-refractivity contribution in [2.75, 3.05) is 6.61 Å². The van der Waals surface area contributed by atoms with E-state index in [4.69, 9.17) is 5.11 Å². The maximum absolute atomic E-state index is 9.57. The van der Waals surface area contributed by atoms with Crippen molar-refractivity contribution in [3.8, 4) is 0 Å². The van der Waals surface area contributed by atoms with E-state index in [-0.39, 0.29) is 6.10 Å². The average Bonchev–Trinajstić information content (AvgIpc) is 2.91. The van der Waals surface area contributed by atoms with E-state index in [1.165, 1.54) is 57.8 Å². The summed E-state index contributed by atoms with van der Waals surface area (Å²) in [6, 6.07) is 0. The average molecular weight is 427 g/mol. The molecule has 0 amide bonds. The maximum Gasteiger partial charge on any atom is 0.0620 e. The van der Waals surface area contributed by atoms with E-state index in [9.17, 15) is 10.2 Å². The van der Waals surface area contributed by atoms with E-state index >= 15 is 0 Å². The molecule has 0 aliphatic heterocycles. The second-order valence-electron chi connectivity index (χ2n) is 13.6. The Hall–Kier alpha value is -0.120. The third-order valence-corrected chi connectivity index (χ3v) is 7.85. The van der Waals surface area contributed by atoms with Gasteiger partial charge in [-0.1, -0.05) is 48.0 Å². The van der Waals surface area contributed by atoms with Gasteiger partial charge in [-0.15, -0.1) is 0 Å². The van der Waals surface area contributed by atoms with Crippen LogP contribution in [0.15, 0.2) is 0 Å². The molecule has 180 valence electrons. The van der Waals surface area contributed by atoms with Gasteiger partial charge >= 0.3 is 0 Å². The molecule has 0 aromatic rings. The van der Waals surface area contributed by atoms with Gasteiger partial charge in [-0.25, -0.2) is 0 Å². The lowest BCUT2D eigenvalue weighted by Crippen LogP contribution is -2.44. The van der Waals surface area contributed by atoms with Crippen LogP contribution in [0.2, 0.25) is 0 Å². The van der Waals surface area contributed by atoms with Crippen molar-refractivity contribution in [2.24, 2.45) is 34.0 Å². The SMILES string of the molecule is CC(O)C1CCCC(C)(C)C1.CC1(C)CC(C(C)(C)O)C1.CC1(C)CCC(CO)C1. The van der Waals surface area contributed by atoms with Crippen molar-refractivity contribution in [2.45, 2.75) is 132 Å². The van der Waals surface area contributed by atoms with Gasteiger partial charge in [-0.3, -0.25) is 0 Å². The number of aliphatic hydroxyl groups excluding tert-OH is 2. The Bertz CT molecular complexity index is 491. The second kappa shape index (κ2) is 10.7. The minimum atomic E-state index is -0.449. The van der Waals surface area contributed by atoms with E-state index in [1.807, 2.05) is 20.8 Å². The van der Waals surface area contributed by atoms with Crippen LogP contribution in [0.3, 0.4) is 0 Å². The fourth-order valence-electron chi connectivity index (χ4n) is 5.68. The van der Waals surface area contributed by atoms with Gasteiger partial charge in [-0.2, -0.15) is 0 Å². The summed E-state index contributed by atoms with van der Waals surface area (Å²) in [7, 11) is 0. The predicted octanol–water partition coefficient (Wildman–Crippen LogP) is 6.58. The van der Waals surface area contributed by atoms with Crippen molar-refractivity contribution < 1.29 is 15.3 Å². The molecule has 3 rings (SSSR count). The highest BCUT2D eigenvalue weighted by atomic mass is 16.3. The zero-order chi connectivity index (χ0) is 23.4. The van der Waals surface area contributed by atoms with Crippen molar-refractivity contribution in [1.82, 2.24) is 0 Å². The van der Waals surface area contributed by atoms with Gasteiger partial charge < -0.3 is 15.3 Å². The van der Waals surface area contributed by atoms with Gasteiger partial charge in [0.1, 0.15) is 0 Å². The van der Waals surface area contributed by atoms with Gasteiger partial charge in [0, 0.05) is 6.61 Å². The van der Waals surface area contributed by atoms with Crippen LogP contribution in [0.4, 0.5) is 0 Å². The van der Waals surface area contributed by atoms with Gasteiger partial charge in [0.15, 0.2) is 0 Å². The summed E-state index contributed by atoms with van der Waals surface area (Å²) in [6.07, 6.45) is 11.0. The molecule has 0 spiro atoms. The van der Waals surface area contributed by atoms with Gasteiger partial charge in [0.2, 0.25) is 0 Å². The Labute approximate surface area is 188 Å². The molecule has 3 heteroatoms. The summed E-state index contributed by atoms with van der Waals surface area (Å²) in [4.78, 5) is 0. The lowest BCUT2D eigenvalue weighted by molar-refractivity contribution is -0.0715. The Kier molecular flexibility index (Phi) is 9.92. The second-order valence-corrected chi connectivity index (χ2v) is 13.6. The van der Waals surface area contributed by atoms with Crippen LogP contribution >= 0.6 is 0 Å². The largest absolute Gasteiger partial charge is 0.396 e. The summed E-state index contributed by atoms with van der Waals surface area (Å²) >= 11 is 0. The molecule has 0 radical (unpaired) electrons. The van der Waals surface area contributed by atoms with E-state index in [0.717, 1.165) is 0 Å². The van der Waals surface area contributed by atoms with Crippen molar-refractivity contribution in [3.63, 3.8) is 0 Å². The predicted molar refractivity (Wildman–Crippen MR) is 128 cm³/mol. The first-order valence-electron chi connectivity index (χ1n) is 12.5. The molecule has 3 aliphatic rings. The van der Waals surface area contributed by atoms with Crippen LogP contribution in [-0.2, 0) is 0 Å². The maximum atomic E-state index is 9.57. The molecule has 0 heterocycles. The molecule has 3 aliphatic carbocycles. The quantitative estimate of drug-likeness (QED) is 0.477. The van der Waals surface area contributed by atoms with Crippen LogP contribution in [0.5, 0.6) is 0 Å². The molecule has 0 saturated heterocycles. The summed E-state index contributed by atoms with van der Waals surface area (Å²) in [6.45, 7) is 19.8. The molecule has 3 nitrogen and oxygen atoms in total. The fourth-order valence-corrected chi connectivity index (χ4v) is 5.68. The summed E-state index contributed by atoms with van der Waals surface area (Å²) in [5.74, 6) is 1.68. The minimum absolute atomic E-state index is 0.102. The van der Waals surface area contributed by atoms with Gasteiger partial charge in [0.25, 0.3) is 0 Å². The smallest absolute Gasteiger partial charge is 0.0620 e. The van der Waals surface area contributed by atoms with Crippen LogP contribution < -0.4 is 0 Å². The van der Waals surface area contributed by atoms with Crippen LogP contribution in [0.1, 0.15) is 120 Å². The molecule has 3 saturated carbocycles. The lowest BCUT2D eigenvalue weighted by atomic mass is 9.59.